The van der Waals surface area contributed by atoms with Gasteiger partial charge < -0.3 is 10.1 Å². The van der Waals surface area contributed by atoms with E-state index in [4.69, 9.17) is 4.74 Å². The normalized spacial score (nSPS) is 16.8. The average molecular weight is 512 g/mol. The molecule has 3 aromatic carbocycles. The van der Waals surface area contributed by atoms with Crippen molar-refractivity contribution in [2.24, 2.45) is 0 Å². The molecule has 0 bridgehead atoms. The molecular weight excluding hydrogens is 486 g/mol. The Labute approximate surface area is 218 Å². The summed E-state index contributed by atoms with van der Waals surface area (Å²) in [6.45, 7) is 0.332. The minimum atomic E-state index is -1.03. The molecule has 3 aromatic rings. The van der Waals surface area contributed by atoms with E-state index in [1.165, 1.54) is 7.11 Å². The Kier molecular flexibility index (Phi) is 6.74. The van der Waals surface area contributed by atoms with Crippen LogP contribution in [0, 0.1) is 0 Å². The maximum absolute atomic E-state index is 13.5. The number of nitrogens with zero attached hydrogens (tertiary/aromatic N) is 1. The monoisotopic (exact) mass is 511 g/mol. The van der Waals surface area contributed by atoms with Crippen molar-refractivity contribution in [2.45, 2.75) is 25.3 Å². The molecule has 1 atom stereocenters. The Morgan fingerprint density at radius 2 is 1.63 bits per heavy atom. The molecule has 38 heavy (non-hydrogen) atoms. The molecule has 1 unspecified atom stereocenters. The Balaban J connectivity index is 1.40. The van der Waals surface area contributed by atoms with Gasteiger partial charge in [-0.1, -0.05) is 48.5 Å². The van der Waals surface area contributed by atoms with Crippen LogP contribution in [-0.2, 0) is 16.0 Å². The number of benzene rings is 3. The number of methoxy groups -OCH3 is 1. The maximum atomic E-state index is 13.5. The highest BCUT2D eigenvalue weighted by Gasteiger charge is 2.45. The molecule has 2 aliphatic rings. The Morgan fingerprint density at radius 3 is 2.42 bits per heavy atom. The summed E-state index contributed by atoms with van der Waals surface area (Å²) in [5.74, 6) is -1.97. The van der Waals surface area contributed by atoms with E-state index in [2.05, 4.69) is 10.6 Å². The summed E-state index contributed by atoms with van der Waals surface area (Å²) in [6.07, 6.45) is 0.619. The molecule has 0 aromatic heterocycles. The second kappa shape index (κ2) is 10.3. The van der Waals surface area contributed by atoms with Crippen molar-refractivity contribution in [3.8, 4) is 16.9 Å². The number of piperidine rings is 1. The first-order valence-corrected chi connectivity index (χ1v) is 12.2. The zero-order valence-electron chi connectivity index (χ0n) is 20.7. The first kappa shape index (κ1) is 24.9. The average Bonchev–Trinajstić information content (AvgIpc) is 3.18. The summed E-state index contributed by atoms with van der Waals surface area (Å²) in [5, 5.41) is 5.12. The van der Waals surface area contributed by atoms with E-state index in [0.29, 0.717) is 29.8 Å². The van der Waals surface area contributed by atoms with Crippen LogP contribution in [0.4, 0.5) is 0 Å². The predicted octanol–water partition coefficient (Wildman–Crippen LogP) is 2.74. The highest BCUT2D eigenvalue weighted by molar-refractivity contribution is 6.25. The van der Waals surface area contributed by atoms with Crippen LogP contribution in [-0.4, -0.2) is 54.1 Å². The molecular formula is C29H25N3O6. The lowest BCUT2D eigenvalue weighted by molar-refractivity contribution is -0.136. The maximum Gasteiger partial charge on any atom is 0.262 e. The molecule has 0 spiro atoms. The standard InChI is InChI=1S/C29H25N3O6/c1-38-23-12-5-4-9-20(23)26(34)30-16-15-17-7-2-3-8-18(17)19-10-6-11-21-25(19)29(37)32(28(21)36)22-13-14-24(33)31-27(22)35/h2-12,22H,13-16H2,1H3,(H,30,34)(H,31,33,35). The lowest BCUT2D eigenvalue weighted by atomic mass is 9.92. The van der Waals surface area contributed by atoms with Crippen molar-refractivity contribution in [2.75, 3.05) is 13.7 Å². The predicted molar refractivity (Wildman–Crippen MR) is 138 cm³/mol. The van der Waals surface area contributed by atoms with Crippen molar-refractivity contribution >= 4 is 29.5 Å². The molecule has 2 N–H and O–H groups in total. The number of nitrogens with one attached hydrogen (secondary N) is 2. The fourth-order valence-corrected chi connectivity index (χ4v) is 4.98. The van der Waals surface area contributed by atoms with Crippen LogP contribution < -0.4 is 15.4 Å². The van der Waals surface area contributed by atoms with E-state index < -0.39 is 29.7 Å². The van der Waals surface area contributed by atoms with E-state index in [-0.39, 0.29) is 29.9 Å². The third kappa shape index (κ3) is 4.43. The van der Waals surface area contributed by atoms with Crippen molar-refractivity contribution < 1.29 is 28.7 Å². The van der Waals surface area contributed by atoms with Gasteiger partial charge in [0.1, 0.15) is 11.8 Å². The van der Waals surface area contributed by atoms with E-state index in [1.807, 2.05) is 24.3 Å². The topological polar surface area (TPSA) is 122 Å². The van der Waals surface area contributed by atoms with Crippen molar-refractivity contribution in [1.29, 1.82) is 0 Å². The fraction of sp³-hybridized carbons (Fsp3) is 0.207. The van der Waals surface area contributed by atoms with Gasteiger partial charge in [-0.15, -0.1) is 0 Å². The van der Waals surface area contributed by atoms with E-state index in [0.717, 1.165) is 16.0 Å². The summed E-state index contributed by atoms with van der Waals surface area (Å²) in [6, 6.07) is 18.4. The largest absolute Gasteiger partial charge is 0.496 e. The quantitative estimate of drug-likeness (QED) is 0.471. The molecule has 0 aliphatic carbocycles. The number of hydrogen-bond acceptors (Lipinski definition) is 6. The molecule has 9 nitrogen and oxygen atoms in total. The summed E-state index contributed by atoms with van der Waals surface area (Å²) in [5.41, 5.74) is 3.08. The van der Waals surface area contributed by atoms with E-state index in [1.54, 1.807) is 42.5 Å². The van der Waals surface area contributed by atoms with Crippen molar-refractivity contribution in [1.82, 2.24) is 15.5 Å². The number of rotatable bonds is 7. The number of hydrogen-bond donors (Lipinski definition) is 2. The van der Waals surface area contributed by atoms with Gasteiger partial charge in [0.25, 0.3) is 17.7 Å². The number of ether oxygens (including phenoxy) is 1. The molecule has 0 saturated carbocycles. The van der Waals surface area contributed by atoms with Gasteiger partial charge in [-0.3, -0.25) is 34.2 Å². The van der Waals surface area contributed by atoms with E-state index >= 15 is 0 Å². The number of imide groups is 2. The Bertz CT molecular complexity index is 1480. The number of carbonyl (C=O) groups is 5. The van der Waals surface area contributed by atoms with Gasteiger partial charge in [0.2, 0.25) is 11.8 Å². The summed E-state index contributed by atoms with van der Waals surface area (Å²) in [7, 11) is 1.51. The van der Waals surface area contributed by atoms with Crippen LogP contribution in [0.3, 0.4) is 0 Å². The number of fused-ring (bicyclic) bond motifs is 1. The molecule has 192 valence electrons. The summed E-state index contributed by atoms with van der Waals surface area (Å²) < 4.78 is 5.27. The lowest BCUT2D eigenvalue weighted by Gasteiger charge is -2.27. The number of amides is 5. The third-order valence-corrected chi connectivity index (χ3v) is 6.81. The van der Waals surface area contributed by atoms with E-state index in [9.17, 15) is 24.0 Å². The highest BCUT2D eigenvalue weighted by atomic mass is 16.5. The van der Waals surface area contributed by atoms with Crippen LogP contribution in [0.1, 0.15) is 49.5 Å². The van der Waals surface area contributed by atoms with Crippen LogP contribution >= 0.6 is 0 Å². The fourth-order valence-electron chi connectivity index (χ4n) is 4.98. The zero-order valence-corrected chi connectivity index (χ0v) is 20.7. The Hall–Kier alpha value is -4.79. The van der Waals surface area contributed by atoms with Gasteiger partial charge in [-0.05, 0) is 47.7 Å². The first-order chi connectivity index (χ1) is 18.4. The van der Waals surface area contributed by atoms with Gasteiger partial charge in [-0.2, -0.15) is 0 Å². The molecule has 2 aliphatic heterocycles. The van der Waals surface area contributed by atoms with Crippen LogP contribution in [0.25, 0.3) is 11.1 Å². The molecule has 5 rings (SSSR count). The van der Waals surface area contributed by atoms with Crippen LogP contribution in [0.2, 0.25) is 0 Å². The molecule has 5 amide bonds. The molecule has 1 fully saturated rings. The van der Waals surface area contributed by atoms with Crippen LogP contribution in [0.5, 0.6) is 5.75 Å². The molecule has 1 saturated heterocycles. The molecule has 0 radical (unpaired) electrons. The Morgan fingerprint density at radius 1 is 0.921 bits per heavy atom. The highest BCUT2D eigenvalue weighted by Crippen LogP contribution is 2.36. The zero-order chi connectivity index (χ0) is 26.8. The smallest absolute Gasteiger partial charge is 0.262 e. The van der Waals surface area contributed by atoms with Crippen molar-refractivity contribution in [3.63, 3.8) is 0 Å². The minimum absolute atomic E-state index is 0.0556. The third-order valence-electron chi connectivity index (χ3n) is 6.81. The van der Waals surface area contributed by atoms with Gasteiger partial charge in [-0.25, -0.2) is 0 Å². The van der Waals surface area contributed by atoms with Gasteiger partial charge in [0.05, 0.1) is 23.8 Å². The second-order valence-corrected chi connectivity index (χ2v) is 9.04. The first-order valence-electron chi connectivity index (χ1n) is 12.2. The molecule has 2 heterocycles. The minimum Gasteiger partial charge on any atom is -0.496 e. The number of para-hydroxylation sites is 1. The molecule has 9 heteroatoms. The second-order valence-electron chi connectivity index (χ2n) is 9.04. The SMILES string of the molecule is COc1ccccc1C(=O)NCCc1ccccc1-c1cccc2c1C(=O)N(C1CCC(=O)NC1=O)C2=O. The summed E-state index contributed by atoms with van der Waals surface area (Å²) in [4.78, 5) is 64.4. The van der Waals surface area contributed by atoms with Crippen LogP contribution in [0.15, 0.2) is 66.7 Å². The van der Waals surface area contributed by atoms with Crippen molar-refractivity contribution in [3.05, 3.63) is 89.0 Å². The summed E-state index contributed by atoms with van der Waals surface area (Å²) >= 11 is 0. The van der Waals surface area contributed by atoms with Gasteiger partial charge in [0.15, 0.2) is 0 Å². The van der Waals surface area contributed by atoms with Gasteiger partial charge in [0, 0.05) is 13.0 Å². The van der Waals surface area contributed by atoms with Gasteiger partial charge >= 0.3 is 0 Å². The number of carbonyl (C=O) groups excluding carboxylic acids is 5. The lowest BCUT2D eigenvalue weighted by Crippen LogP contribution is -2.54.